The minimum atomic E-state index is -4.57. The van der Waals surface area contributed by atoms with E-state index in [4.69, 9.17) is 0 Å². The molecule has 0 N–H and O–H groups in total. The van der Waals surface area contributed by atoms with Crippen molar-refractivity contribution in [3.63, 3.8) is 0 Å². The zero-order valence-corrected chi connectivity index (χ0v) is 23.4. The van der Waals surface area contributed by atoms with Gasteiger partial charge in [0.1, 0.15) is 17.3 Å². The fraction of sp³-hybridized carbons (Fsp3) is 0.387. The zero-order chi connectivity index (χ0) is 29.6. The standard InChI is InChI=1S/C24H26F3N5O.C7H7F/c1-3-21-29-13-15(2)22(30-21)19-12-17(16-8-5-4-6-9-16)23(33)32(31-19)14-20-18(24(25,26)27)10-7-11-28-20;1-6-3-2-4-7(8)5-6/h7,10-13,16H,3-6,8-9,14H2,1-2H3;2-5H,1H3. The van der Waals surface area contributed by atoms with E-state index in [1.807, 2.05) is 26.8 Å². The fourth-order valence-corrected chi connectivity index (χ4v) is 4.97. The Morgan fingerprint density at radius 2 is 1.76 bits per heavy atom. The molecular weight excluding hydrogens is 534 g/mol. The highest BCUT2D eigenvalue weighted by atomic mass is 19.4. The lowest BCUT2D eigenvalue weighted by atomic mass is 9.84. The van der Waals surface area contributed by atoms with Gasteiger partial charge in [-0.05, 0) is 74.1 Å². The Bertz CT molecular complexity index is 1530. The minimum Gasteiger partial charge on any atom is -0.267 e. The summed E-state index contributed by atoms with van der Waals surface area (Å²) in [5.74, 6) is 0.529. The van der Waals surface area contributed by atoms with Crippen LogP contribution in [0.3, 0.4) is 0 Å². The molecule has 0 unspecified atom stereocenters. The Hall–Kier alpha value is -3.95. The lowest BCUT2D eigenvalue weighted by molar-refractivity contribution is -0.138. The molecule has 1 aliphatic rings. The van der Waals surface area contributed by atoms with Crippen molar-refractivity contribution in [2.45, 2.75) is 77.9 Å². The SMILES string of the molecule is CCc1ncc(C)c(-c2cc(C3CCCCC3)c(=O)n(Cc3ncccc3C(F)(F)F)n2)n1.Cc1cccc(F)c1. The van der Waals surface area contributed by atoms with Crippen molar-refractivity contribution in [2.75, 3.05) is 0 Å². The van der Waals surface area contributed by atoms with Crippen molar-refractivity contribution < 1.29 is 17.6 Å². The third-order valence-corrected chi connectivity index (χ3v) is 7.10. The average molecular weight is 568 g/mol. The molecule has 41 heavy (non-hydrogen) atoms. The van der Waals surface area contributed by atoms with Crippen molar-refractivity contribution in [3.8, 4) is 11.4 Å². The molecule has 3 aromatic heterocycles. The average Bonchev–Trinajstić information content (AvgIpc) is 2.95. The number of hydrogen-bond donors (Lipinski definition) is 0. The normalized spacial score (nSPS) is 13.9. The molecule has 5 rings (SSSR count). The van der Waals surface area contributed by atoms with Crippen LogP contribution < -0.4 is 5.56 Å². The topological polar surface area (TPSA) is 73.6 Å². The quantitative estimate of drug-likeness (QED) is 0.238. The van der Waals surface area contributed by atoms with Crippen LogP contribution in [0, 0.1) is 19.7 Å². The molecule has 0 radical (unpaired) electrons. The molecule has 1 fully saturated rings. The summed E-state index contributed by atoms with van der Waals surface area (Å²) >= 11 is 0. The second-order valence-corrected chi connectivity index (χ2v) is 10.2. The van der Waals surface area contributed by atoms with Gasteiger partial charge in [0, 0.05) is 24.4 Å². The van der Waals surface area contributed by atoms with Gasteiger partial charge in [0.15, 0.2) is 0 Å². The first-order chi connectivity index (χ1) is 19.6. The number of nitrogens with zero attached hydrogens (tertiary/aromatic N) is 5. The van der Waals surface area contributed by atoms with E-state index in [1.54, 1.807) is 18.3 Å². The van der Waals surface area contributed by atoms with Gasteiger partial charge in [0.2, 0.25) is 0 Å². The number of halogens is 4. The molecule has 6 nitrogen and oxygen atoms in total. The van der Waals surface area contributed by atoms with Gasteiger partial charge in [0.25, 0.3) is 5.56 Å². The van der Waals surface area contributed by atoms with E-state index >= 15 is 0 Å². The first-order valence-corrected chi connectivity index (χ1v) is 13.7. The van der Waals surface area contributed by atoms with E-state index in [0.29, 0.717) is 29.2 Å². The van der Waals surface area contributed by atoms with E-state index in [9.17, 15) is 22.4 Å². The van der Waals surface area contributed by atoms with Gasteiger partial charge in [-0.3, -0.25) is 9.78 Å². The molecular formula is C31H33F4N5O. The summed E-state index contributed by atoms with van der Waals surface area (Å²) in [6.45, 7) is 5.29. The van der Waals surface area contributed by atoms with Gasteiger partial charge < -0.3 is 0 Å². The predicted molar refractivity (Wildman–Crippen MR) is 149 cm³/mol. The number of rotatable bonds is 5. The Kier molecular flexibility index (Phi) is 9.62. The Labute approximate surface area is 236 Å². The second kappa shape index (κ2) is 13.1. The maximum Gasteiger partial charge on any atom is 0.418 e. The first kappa shape index (κ1) is 30.0. The van der Waals surface area contributed by atoms with Crippen LogP contribution in [-0.4, -0.2) is 24.7 Å². The molecule has 0 spiro atoms. The van der Waals surface area contributed by atoms with E-state index in [1.165, 1.54) is 24.4 Å². The molecule has 10 heteroatoms. The van der Waals surface area contributed by atoms with Crippen LogP contribution in [0.2, 0.25) is 0 Å². The van der Waals surface area contributed by atoms with Gasteiger partial charge >= 0.3 is 6.18 Å². The molecule has 1 aromatic carbocycles. The van der Waals surface area contributed by atoms with Gasteiger partial charge in [-0.1, -0.05) is 38.3 Å². The molecule has 1 saturated carbocycles. The Balaban J connectivity index is 0.000000417. The lowest BCUT2D eigenvalue weighted by Crippen LogP contribution is -2.30. The molecule has 1 aliphatic carbocycles. The van der Waals surface area contributed by atoms with Crippen LogP contribution in [0.15, 0.2) is 59.7 Å². The molecule has 0 atom stereocenters. The molecule has 0 amide bonds. The van der Waals surface area contributed by atoms with Crippen molar-refractivity contribution in [1.82, 2.24) is 24.7 Å². The van der Waals surface area contributed by atoms with Crippen molar-refractivity contribution in [1.29, 1.82) is 0 Å². The summed E-state index contributed by atoms with van der Waals surface area (Å²) in [4.78, 5) is 26.2. The number of aryl methyl sites for hydroxylation is 3. The highest BCUT2D eigenvalue weighted by Gasteiger charge is 2.34. The summed E-state index contributed by atoms with van der Waals surface area (Å²) < 4.78 is 53.9. The van der Waals surface area contributed by atoms with E-state index < -0.39 is 11.7 Å². The van der Waals surface area contributed by atoms with Crippen molar-refractivity contribution in [2.24, 2.45) is 0 Å². The molecule has 216 valence electrons. The predicted octanol–water partition coefficient (Wildman–Crippen LogP) is 7.22. The molecule has 0 aliphatic heterocycles. The van der Waals surface area contributed by atoms with Gasteiger partial charge in [0.05, 0.1) is 23.5 Å². The highest BCUT2D eigenvalue weighted by Crippen LogP contribution is 2.33. The van der Waals surface area contributed by atoms with Crippen LogP contribution in [-0.2, 0) is 19.1 Å². The molecule has 0 saturated heterocycles. The molecule has 0 bridgehead atoms. The highest BCUT2D eigenvalue weighted by molar-refractivity contribution is 5.58. The smallest absolute Gasteiger partial charge is 0.267 e. The second-order valence-electron chi connectivity index (χ2n) is 10.2. The number of benzene rings is 1. The zero-order valence-electron chi connectivity index (χ0n) is 23.4. The number of aromatic nitrogens is 5. The van der Waals surface area contributed by atoms with Crippen LogP contribution >= 0.6 is 0 Å². The molecule has 4 aromatic rings. The first-order valence-electron chi connectivity index (χ1n) is 13.7. The summed E-state index contributed by atoms with van der Waals surface area (Å²) in [6, 6.07) is 10.5. The molecule has 3 heterocycles. The van der Waals surface area contributed by atoms with E-state index in [-0.39, 0.29) is 29.5 Å². The largest absolute Gasteiger partial charge is 0.418 e. The van der Waals surface area contributed by atoms with Gasteiger partial charge in [-0.2, -0.15) is 18.3 Å². The Morgan fingerprint density at radius 1 is 1.00 bits per heavy atom. The monoisotopic (exact) mass is 567 g/mol. The third-order valence-electron chi connectivity index (χ3n) is 7.10. The van der Waals surface area contributed by atoms with Gasteiger partial charge in [-0.25, -0.2) is 19.0 Å². The number of alkyl halides is 3. The maximum atomic E-state index is 13.5. The van der Waals surface area contributed by atoms with Gasteiger partial charge in [-0.15, -0.1) is 0 Å². The maximum absolute atomic E-state index is 13.5. The van der Waals surface area contributed by atoms with E-state index in [2.05, 4.69) is 20.1 Å². The number of hydrogen-bond acceptors (Lipinski definition) is 5. The minimum absolute atomic E-state index is 0.0536. The van der Waals surface area contributed by atoms with Crippen LogP contribution in [0.1, 0.15) is 78.7 Å². The van der Waals surface area contributed by atoms with Crippen molar-refractivity contribution >= 4 is 0 Å². The summed E-state index contributed by atoms with van der Waals surface area (Å²) in [6.07, 6.45) is 3.97. The number of pyridine rings is 1. The summed E-state index contributed by atoms with van der Waals surface area (Å²) in [5, 5.41) is 4.46. The fourth-order valence-electron chi connectivity index (χ4n) is 4.97. The van der Waals surface area contributed by atoms with Crippen molar-refractivity contribution in [3.05, 3.63) is 105 Å². The van der Waals surface area contributed by atoms with Crippen LogP contribution in [0.5, 0.6) is 0 Å². The summed E-state index contributed by atoms with van der Waals surface area (Å²) in [7, 11) is 0. The summed E-state index contributed by atoms with van der Waals surface area (Å²) in [5.41, 5.74) is 1.92. The van der Waals surface area contributed by atoms with Crippen LogP contribution in [0.4, 0.5) is 17.6 Å². The third kappa shape index (κ3) is 7.62. The lowest BCUT2D eigenvalue weighted by Gasteiger charge is -2.23. The Morgan fingerprint density at radius 3 is 2.39 bits per heavy atom. The van der Waals surface area contributed by atoms with Crippen LogP contribution in [0.25, 0.3) is 11.4 Å². The van der Waals surface area contributed by atoms with E-state index in [0.717, 1.165) is 54.0 Å².